The number of hydrogen-bond donors (Lipinski definition) is 1. The van der Waals surface area contributed by atoms with Crippen LogP contribution >= 0.6 is 0 Å². The van der Waals surface area contributed by atoms with Gasteiger partial charge in [0.1, 0.15) is 0 Å². The van der Waals surface area contributed by atoms with E-state index in [0.717, 1.165) is 6.42 Å². The first-order valence-corrected chi connectivity index (χ1v) is 6.67. The molecule has 0 aliphatic rings. The van der Waals surface area contributed by atoms with E-state index in [-0.39, 0.29) is 5.41 Å². The predicted molar refractivity (Wildman–Crippen MR) is 79.2 cm³/mol. The minimum atomic E-state index is 0.182. The smallest absolute Gasteiger partial charge is 0.0335 e. The summed E-state index contributed by atoms with van der Waals surface area (Å²) in [5.41, 5.74) is 2.65. The molecule has 0 heterocycles. The van der Waals surface area contributed by atoms with Crippen molar-refractivity contribution in [2.75, 3.05) is 0 Å². The van der Waals surface area contributed by atoms with Crippen LogP contribution in [0.3, 0.4) is 0 Å². The van der Waals surface area contributed by atoms with Crippen LogP contribution in [-0.4, -0.2) is 12.1 Å². The zero-order valence-electron chi connectivity index (χ0n) is 12.9. The average molecular weight is 237 g/mol. The van der Waals surface area contributed by atoms with E-state index in [2.05, 4.69) is 66.9 Å². The van der Waals surface area contributed by atoms with Gasteiger partial charge in [0, 0.05) is 12.1 Å². The summed E-state index contributed by atoms with van der Waals surface area (Å²) in [5, 5.41) is 3.67. The first-order valence-electron chi connectivity index (χ1n) is 6.67. The second kappa shape index (κ2) is 6.39. The Morgan fingerprint density at radius 2 is 1.59 bits per heavy atom. The van der Waals surface area contributed by atoms with Gasteiger partial charge in [0.15, 0.2) is 0 Å². The van der Waals surface area contributed by atoms with Gasteiger partial charge in [0.2, 0.25) is 0 Å². The molecule has 1 nitrogen and oxygen atoms in total. The Morgan fingerprint density at radius 3 is 1.82 bits per heavy atom. The fraction of sp³-hybridized carbons (Fsp3) is 0.750. The highest BCUT2D eigenvalue weighted by molar-refractivity contribution is 5.13. The molecule has 0 aliphatic heterocycles. The Bertz CT molecular complexity index is 275. The molecule has 0 saturated carbocycles. The molecule has 0 aromatic rings. The van der Waals surface area contributed by atoms with Gasteiger partial charge in [0.25, 0.3) is 0 Å². The normalized spacial score (nSPS) is 17.0. The lowest BCUT2D eigenvalue weighted by atomic mass is 9.67. The number of allylic oxidation sites excluding steroid dienone is 1. The van der Waals surface area contributed by atoms with Crippen LogP contribution in [-0.2, 0) is 0 Å². The fourth-order valence-corrected chi connectivity index (χ4v) is 2.52. The van der Waals surface area contributed by atoms with E-state index in [9.17, 15) is 0 Å². The molecule has 0 rings (SSSR count). The highest BCUT2D eigenvalue weighted by Crippen LogP contribution is 2.39. The maximum Gasteiger partial charge on any atom is 0.0335 e. The Kier molecular flexibility index (Phi) is 6.18. The molecule has 0 fully saturated rings. The van der Waals surface area contributed by atoms with Gasteiger partial charge in [0.05, 0.1) is 0 Å². The molecule has 0 amide bonds. The van der Waals surface area contributed by atoms with Crippen molar-refractivity contribution in [1.29, 1.82) is 0 Å². The van der Waals surface area contributed by atoms with E-state index in [1.54, 1.807) is 0 Å². The van der Waals surface area contributed by atoms with Gasteiger partial charge >= 0.3 is 0 Å². The minimum Gasteiger partial charge on any atom is -0.308 e. The molecule has 1 N–H and O–H groups in total. The summed E-state index contributed by atoms with van der Waals surface area (Å²) in [5.74, 6) is 0.590. The SMILES string of the molecule is C=C(C)CC(C)(C(C)C)C(NC(C)C)C(=C)C. The van der Waals surface area contributed by atoms with Crippen molar-refractivity contribution in [3.8, 4) is 0 Å². The van der Waals surface area contributed by atoms with Gasteiger partial charge in [-0.1, -0.05) is 52.3 Å². The van der Waals surface area contributed by atoms with E-state index < -0.39 is 0 Å². The first-order chi connectivity index (χ1) is 7.61. The third-order valence-corrected chi connectivity index (χ3v) is 3.65. The van der Waals surface area contributed by atoms with E-state index in [1.807, 2.05) is 0 Å². The number of nitrogens with one attached hydrogen (secondary N) is 1. The Hall–Kier alpha value is -0.560. The highest BCUT2D eigenvalue weighted by atomic mass is 15.0. The van der Waals surface area contributed by atoms with Gasteiger partial charge in [-0.25, -0.2) is 0 Å². The van der Waals surface area contributed by atoms with Crippen LogP contribution < -0.4 is 5.32 Å². The molecule has 1 heteroatoms. The minimum absolute atomic E-state index is 0.182. The van der Waals surface area contributed by atoms with Crippen molar-refractivity contribution in [3.63, 3.8) is 0 Å². The fourth-order valence-electron chi connectivity index (χ4n) is 2.52. The van der Waals surface area contributed by atoms with E-state index in [4.69, 9.17) is 0 Å². The van der Waals surface area contributed by atoms with Gasteiger partial charge < -0.3 is 5.32 Å². The molecule has 100 valence electrons. The van der Waals surface area contributed by atoms with E-state index >= 15 is 0 Å². The van der Waals surface area contributed by atoms with Crippen molar-refractivity contribution in [1.82, 2.24) is 5.32 Å². The van der Waals surface area contributed by atoms with Crippen LogP contribution in [0.2, 0.25) is 0 Å². The summed E-state index contributed by atoms with van der Waals surface area (Å²) in [6.45, 7) is 23.8. The standard InChI is InChI=1S/C16H31N/c1-11(2)10-16(9,13(5)6)15(12(3)4)17-14(7)8/h13-15,17H,1,3,10H2,2,4-9H3. The van der Waals surface area contributed by atoms with Crippen molar-refractivity contribution >= 4 is 0 Å². The molecule has 2 unspecified atom stereocenters. The lowest BCUT2D eigenvalue weighted by molar-refractivity contribution is 0.153. The quantitative estimate of drug-likeness (QED) is 0.640. The van der Waals surface area contributed by atoms with Gasteiger partial charge in [-0.15, -0.1) is 6.58 Å². The monoisotopic (exact) mass is 237 g/mol. The zero-order valence-corrected chi connectivity index (χ0v) is 12.9. The summed E-state index contributed by atoms with van der Waals surface area (Å²) in [6, 6.07) is 0.819. The number of hydrogen-bond acceptors (Lipinski definition) is 1. The maximum atomic E-state index is 4.17. The maximum absolute atomic E-state index is 4.17. The van der Waals surface area contributed by atoms with Crippen molar-refractivity contribution in [3.05, 3.63) is 24.3 Å². The average Bonchev–Trinajstić information content (AvgIpc) is 2.11. The molecule has 0 aromatic carbocycles. The van der Waals surface area contributed by atoms with Crippen molar-refractivity contribution in [2.24, 2.45) is 11.3 Å². The van der Waals surface area contributed by atoms with Crippen LogP contribution in [0.25, 0.3) is 0 Å². The van der Waals surface area contributed by atoms with Crippen LogP contribution in [0.5, 0.6) is 0 Å². The van der Waals surface area contributed by atoms with Gasteiger partial charge in [-0.2, -0.15) is 0 Å². The summed E-state index contributed by atoms with van der Waals surface area (Å²) in [4.78, 5) is 0. The van der Waals surface area contributed by atoms with Gasteiger partial charge in [-0.05, 0) is 31.6 Å². The molecule has 17 heavy (non-hydrogen) atoms. The largest absolute Gasteiger partial charge is 0.308 e. The molecule has 0 spiro atoms. The molecular weight excluding hydrogens is 206 g/mol. The lowest BCUT2D eigenvalue weighted by Gasteiger charge is -2.43. The molecule has 0 aromatic heterocycles. The van der Waals surface area contributed by atoms with Crippen LogP contribution in [0, 0.1) is 11.3 Å². The second-order valence-corrected chi connectivity index (χ2v) is 6.40. The molecule has 2 atom stereocenters. The molecular formula is C16H31N. The topological polar surface area (TPSA) is 12.0 Å². The van der Waals surface area contributed by atoms with E-state index in [1.165, 1.54) is 11.1 Å². The van der Waals surface area contributed by atoms with Crippen LogP contribution in [0.15, 0.2) is 24.3 Å². The van der Waals surface area contributed by atoms with E-state index in [0.29, 0.717) is 18.0 Å². The molecule has 0 saturated heterocycles. The summed E-state index contributed by atoms with van der Waals surface area (Å²) >= 11 is 0. The first kappa shape index (κ1) is 16.4. The van der Waals surface area contributed by atoms with Gasteiger partial charge in [-0.3, -0.25) is 0 Å². The van der Waals surface area contributed by atoms with Crippen molar-refractivity contribution in [2.45, 2.75) is 67.0 Å². The van der Waals surface area contributed by atoms with Crippen molar-refractivity contribution < 1.29 is 0 Å². The number of rotatable bonds is 7. The highest BCUT2D eigenvalue weighted by Gasteiger charge is 2.37. The molecule has 0 bridgehead atoms. The summed E-state index contributed by atoms with van der Waals surface area (Å²) < 4.78 is 0. The Labute approximate surface area is 108 Å². The van der Waals surface area contributed by atoms with Crippen LogP contribution in [0.4, 0.5) is 0 Å². The molecule has 0 aliphatic carbocycles. The van der Waals surface area contributed by atoms with Crippen LogP contribution in [0.1, 0.15) is 54.9 Å². The third kappa shape index (κ3) is 4.67. The lowest BCUT2D eigenvalue weighted by Crippen LogP contribution is -2.49. The summed E-state index contributed by atoms with van der Waals surface area (Å²) in [6.07, 6.45) is 1.04. The second-order valence-electron chi connectivity index (χ2n) is 6.40. The third-order valence-electron chi connectivity index (χ3n) is 3.65. The molecule has 0 radical (unpaired) electrons. The predicted octanol–water partition coefficient (Wildman–Crippen LogP) is 4.56. The zero-order chi connectivity index (χ0) is 13.8. The summed E-state index contributed by atoms with van der Waals surface area (Å²) in [7, 11) is 0. The Balaban J connectivity index is 5.21. The Morgan fingerprint density at radius 1 is 1.12 bits per heavy atom.